The Morgan fingerprint density at radius 3 is 1.60 bits per heavy atom. The van der Waals surface area contributed by atoms with Crippen LogP contribution in [0.5, 0.6) is 11.8 Å². The maximum atomic E-state index is 6.04. The van der Waals surface area contributed by atoms with Gasteiger partial charge < -0.3 is 9.05 Å². The van der Waals surface area contributed by atoms with Gasteiger partial charge in [0.2, 0.25) is 11.8 Å². The maximum Gasteiger partial charge on any atom is 0.437 e. The van der Waals surface area contributed by atoms with Crippen molar-refractivity contribution in [1.82, 2.24) is 9.97 Å². The summed E-state index contributed by atoms with van der Waals surface area (Å²) in [5.74, 6) is -0.215. The molecule has 5 nitrogen and oxygen atoms in total. The predicted octanol–water partition coefficient (Wildman–Crippen LogP) is 7.12. The molecule has 0 aliphatic rings. The third kappa shape index (κ3) is 5.61. The largest absolute Gasteiger partial charge is 0.437 e. The van der Waals surface area contributed by atoms with Crippen molar-refractivity contribution in [3.05, 3.63) is 42.5 Å². The number of pyridine rings is 2. The molecule has 13 heteroatoms. The second kappa shape index (κ2) is 8.96. The van der Waals surface area contributed by atoms with Crippen LogP contribution in [0.25, 0.3) is 0 Å². The SMILES string of the molecule is CCOP(=S)(Oc1nc(Cl)c(Cl)cc1Cl)Oc1nc(Cl)c(Cl)cc1Cl. The van der Waals surface area contributed by atoms with Gasteiger partial charge in [-0.25, -0.2) is 0 Å². The molecule has 0 aliphatic heterocycles. The van der Waals surface area contributed by atoms with Crippen molar-refractivity contribution >= 4 is 88.1 Å². The molecule has 0 saturated heterocycles. The van der Waals surface area contributed by atoms with E-state index in [0.717, 1.165) is 0 Å². The second-order valence-electron chi connectivity index (χ2n) is 4.14. The van der Waals surface area contributed by atoms with Crippen molar-refractivity contribution < 1.29 is 13.6 Å². The molecule has 0 radical (unpaired) electrons. The smallest absolute Gasteiger partial charge is 0.396 e. The van der Waals surface area contributed by atoms with Gasteiger partial charge in [-0.15, -0.1) is 0 Å². The molecule has 0 spiro atoms. The Kier molecular flexibility index (Phi) is 7.72. The van der Waals surface area contributed by atoms with Gasteiger partial charge in [0.15, 0.2) is 10.3 Å². The summed E-state index contributed by atoms with van der Waals surface area (Å²) in [7, 11) is 0. The van der Waals surface area contributed by atoms with Crippen LogP contribution >= 0.6 is 76.3 Å². The quantitative estimate of drug-likeness (QED) is 0.310. The zero-order valence-corrected chi connectivity index (χ0v) is 18.4. The fourth-order valence-electron chi connectivity index (χ4n) is 1.43. The summed E-state index contributed by atoms with van der Waals surface area (Å²) in [6.45, 7) is -1.58. The minimum absolute atomic E-state index is 0.0233. The van der Waals surface area contributed by atoms with E-state index in [4.69, 9.17) is 95.0 Å². The van der Waals surface area contributed by atoms with Crippen molar-refractivity contribution in [3.63, 3.8) is 0 Å². The van der Waals surface area contributed by atoms with Crippen LogP contribution < -0.4 is 9.05 Å². The molecule has 2 rings (SSSR count). The van der Waals surface area contributed by atoms with Crippen LogP contribution in [0.4, 0.5) is 0 Å². The highest BCUT2D eigenvalue weighted by molar-refractivity contribution is 8.07. The Balaban J connectivity index is 2.38. The minimum atomic E-state index is -3.45. The lowest BCUT2D eigenvalue weighted by atomic mass is 10.5. The lowest BCUT2D eigenvalue weighted by molar-refractivity contribution is 0.272. The first-order valence-corrected chi connectivity index (χ1v) is 11.1. The van der Waals surface area contributed by atoms with Crippen LogP contribution in [0.15, 0.2) is 12.1 Å². The summed E-state index contributed by atoms with van der Waals surface area (Å²) in [5, 5.41) is 0.396. The van der Waals surface area contributed by atoms with E-state index in [0.29, 0.717) is 0 Å². The van der Waals surface area contributed by atoms with Gasteiger partial charge in [-0.1, -0.05) is 69.6 Å². The Morgan fingerprint density at radius 1 is 0.840 bits per heavy atom. The molecule has 25 heavy (non-hydrogen) atoms. The molecule has 0 amide bonds. The molecule has 2 aromatic rings. The van der Waals surface area contributed by atoms with Gasteiger partial charge >= 0.3 is 6.72 Å². The summed E-state index contributed by atoms with van der Waals surface area (Å²) in [6.07, 6.45) is 0. The number of aromatic nitrogens is 2. The number of hydrogen-bond acceptors (Lipinski definition) is 6. The normalized spacial score (nSPS) is 11.5. The first kappa shape index (κ1) is 21.5. The minimum Gasteiger partial charge on any atom is -0.396 e. The molecule has 2 aromatic heterocycles. The van der Waals surface area contributed by atoms with E-state index in [1.807, 2.05) is 0 Å². The Hall–Kier alpha value is 0.250. The standard InChI is InChI=1S/C12H7Cl6N2O3PS/c1-2-21-24(25,22-11-7(15)3-5(13)9(17)19-11)23-12-8(16)4-6(14)10(18)20-12/h3-4H,2H2,1H3. The molecule has 0 unspecified atom stereocenters. The highest BCUT2D eigenvalue weighted by atomic mass is 35.5. The van der Waals surface area contributed by atoms with Gasteiger partial charge in [-0.3, -0.25) is 4.52 Å². The predicted molar refractivity (Wildman–Crippen MR) is 106 cm³/mol. The van der Waals surface area contributed by atoms with E-state index < -0.39 is 6.72 Å². The van der Waals surface area contributed by atoms with Crippen LogP contribution in [0.3, 0.4) is 0 Å². The summed E-state index contributed by atoms with van der Waals surface area (Å²) in [6, 6.07) is 2.70. The first-order chi connectivity index (χ1) is 11.6. The highest BCUT2D eigenvalue weighted by Gasteiger charge is 2.29. The molecule has 0 aromatic carbocycles. The summed E-state index contributed by atoms with van der Waals surface area (Å²) < 4.78 is 16.5. The Labute approximate surface area is 178 Å². The highest BCUT2D eigenvalue weighted by Crippen LogP contribution is 2.52. The fraction of sp³-hybridized carbons (Fsp3) is 0.167. The van der Waals surface area contributed by atoms with Crippen LogP contribution in [0, 0.1) is 0 Å². The van der Waals surface area contributed by atoms with Crippen molar-refractivity contribution in [2.75, 3.05) is 6.61 Å². The van der Waals surface area contributed by atoms with Crippen molar-refractivity contribution in [1.29, 1.82) is 0 Å². The number of hydrogen-bond donors (Lipinski definition) is 0. The molecule has 0 fully saturated rings. The maximum absolute atomic E-state index is 6.04. The summed E-state index contributed by atoms with van der Waals surface area (Å²) in [4.78, 5) is 7.83. The number of rotatable bonds is 6. The van der Waals surface area contributed by atoms with Gasteiger partial charge in [0.25, 0.3) is 0 Å². The molecule has 0 atom stereocenters. The molecular weight excluding hydrogens is 496 g/mol. The Bertz CT molecular complexity index is 793. The number of halogens is 6. The third-order valence-electron chi connectivity index (χ3n) is 2.39. The summed E-state index contributed by atoms with van der Waals surface area (Å²) >= 11 is 40.8. The molecular formula is C12H7Cl6N2O3PS. The van der Waals surface area contributed by atoms with Crippen molar-refractivity contribution in [2.24, 2.45) is 0 Å². The van der Waals surface area contributed by atoms with Crippen LogP contribution in [-0.2, 0) is 16.3 Å². The Morgan fingerprint density at radius 2 is 1.24 bits per heavy atom. The first-order valence-electron chi connectivity index (χ1n) is 6.32. The van der Waals surface area contributed by atoms with Crippen LogP contribution in [0.2, 0.25) is 30.4 Å². The lowest BCUT2D eigenvalue weighted by Crippen LogP contribution is -2.07. The molecule has 0 bridgehead atoms. The van der Waals surface area contributed by atoms with Crippen molar-refractivity contribution in [2.45, 2.75) is 6.92 Å². The van der Waals surface area contributed by atoms with Gasteiger partial charge in [0.05, 0.1) is 16.7 Å². The van der Waals surface area contributed by atoms with Crippen molar-refractivity contribution in [3.8, 4) is 11.8 Å². The van der Waals surface area contributed by atoms with E-state index in [1.165, 1.54) is 12.1 Å². The van der Waals surface area contributed by atoms with E-state index in [-0.39, 0.29) is 48.8 Å². The van der Waals surface area contributed by atoms with Gasteiger partial charge in [-0.05, 0) is 19.1 Å². The van der Waals surface area contributed by atoms with Crippen LogP contribution in [-0.4, -0.2) is 16.6 Å². The topological polar surface area (TPSA) is 53.5 Å². The van der Waals surface area contributed by atoms with E-state index in [9.17, 15) is 0 Å². The zero-order valence-electron chi connectivity index (χ0n) is 12.1. The monoisotopic (exact) mass is 500 g/mol. The van der Waals surface area contributed by atoms with E-state index in [2.05, 4.69) is 9.97 Å². The average molecular weight is 503 g/mol. The van der Waals surface area contributed by atoms with Crippen LogP contribution in [0.1, 0.15) is 6.92 Å². The molecule has 0 N–H and O–H groups in total. The second-order valence-corrected chi connectivity index (χ2v) is 9.35. The third-order valence-corrected chi connectivity index (χ3v) is 6.41. The van der Waals surface area contributed by atoms with Gasteiger partial charge in [-0.2, -0.15) is 9.97 Å². The number of nitrogens with zero attached hydrogens (tertiary/aromatic N) is 2. The molecule has 2 heterocycles. The van der Waals surface area contributed by atoms with Gasteiger partial charge in [0, 0.05) is 11.8 Å². The molecule has 136 valence electrons. The molecule has 0 saturated carbocycles. The van der Waals surface area contributed by atoms with E-state index >= 15 is 0 Å². The van der Waals surface area contributed by atoms with Gasteiger partial charge in [0.1, 0.15) is 10.0 Å². The fourth-order valence-corrected chi connectivity index (χ4v) is 4.49. The van der Waals surface area contributed by atoms with E-state index in [1.54, 1.807) is 6.92 Å². The summed E-state index contributed by atoms with van der Waals surface area (Å²) in [5.41, 5.74) is 0. The zero-order chi connectivity index (χ0) is 18.8. The average Bonchev–Trinajstić information content (AvgIpc) is 2.50. The lowest BCUT2D eigenvalue weighted by Gasteiger charge is -2.22. The molecule has 0 aliphatic carbocycles.